The number of imide groups is 1. The van der Waals surface area contributed by atoms with Gasteiger partial charge in [0.2, 0.25) is 11.8 Å². The molecular formula is C22H24ClN2O2+. The third-order valence-electron chi connectivity index (χ3n) is 5.72. The molecule has 2 amide bonds. The maximum Gasteiger partial charge on any atom is 0.244 e. The van der Waals surface area contributed by atoms with E-state index in [1.54, 1.807) is 0 Å². The Labute approximate surface area is 164 Å². The number of halogens is 1. The van der Waals surface area contributed by atoms with Crippen LogP contribution in [-0.2, 0) is 9.59 Å². The first-order chi connectivity index (χ1) is 13.0. The molecule has 0 bridgehead atoms. The predicted molar refractivity (Wildman–Crippen MR) is 105 cm³/mol. The second kappa shape index (κ2) is 7.10. The number of carbonyl (C=O) groups is 2. The van der Waals surface area contributed by atoms with Crippen LogP contribution in [0.25, 0.3) is 0 Å². The highest BCUT2D eigenvalue weighted by Crippen LogP contribution is 2.43. The van der Waals surface area contributed by atoms with Crippen LogP contribution in [0.15, 0.2) is 54.6 Å². The van der Waals surface area contributed by atoms with E-state index in [9.17, 15) is 9.59 Å². The molecule has 27 heavy (non-hydrogen) atoms. The van der Waals surface area contributed by atoms with Gasteiger partial charge in [-0.25, -0.2) is 4.90 Å². The summed E-state index contributed by atoms with van der Waals surface area (Å²) in [6.07, 6.45) is 0.893. The summed E-state index contributed by atoms with van der Waals surface area (Å²) in [5, 5.41) is 2.86. The zero-order valence-electron chi connectivity index (χ0n) is 15.5. The first kappa shape index (κ1) is 18.2. The predicted octanol–water partition coefficient (Wildman–Crippen LogP) is 3.18. The van der Waals surface area contributed by atoms with E-state index in [0.29, 0.717) is 16.6 Å². The van der Waals surface area contributed by atoms with E-state index in [1.165, 1.54) is 4.90 Å². The van der Waals surface area contributed by atoms with Gasteiger partial charge in [-0.15, -0.1) is 0 Å². The summed E-state index contributed by atoms with van der Waals surface area (Å²) < 4.78 is 0. The number of hydrogen-bond acceptors (Lipinski definition) is 2. The van der Waals surface area contributed by atoms with E-state index in [1.807, 2.05) is 54.6 Å². The van der Waals surface area contributed by atoms with Crippen molar-refractivity contribution >= 4 is 29.1 Å². The fraction of sp³-hybridized carbons (Fsp3) is 0.364. The zero-order chi connectivity index (χ0) is 19.1. The van der Waals surface area contributed by atoms with Crippen molar-refractivity contribution in [3.8, 4) is 0 Å². The summed E-state index contributed by atoms with van der Waals surface area (Å²) in [6, 6.07) is 16.9. The van der Waals surface area contributed by atoms with Gasteiger partial charge in [0.1, 0.15) is 17.9 Å². The molecule has 140 valence electrons. The van der Waals surface area contributed by atoms with Crippen molar-refractivity contribution < 1.29 is 14.9 Å². The summed E-state index contributed by atoms with van der Waals surface area (Å²) >= 11 is 6.46. The van der Waals surface area contributed by atoms with Gasteiger partial charge in [-0.2, -0.15) is 0 Å². The number of fused-ring (bicyclic) bond motifs is 1. The number of benzene rings is 2. The zero-order valence-corrected chi connectivity index (χ0v) is 16.3. The van der Waals surface area contributed by atoms with Crippen molar-refractivity contribution in [2.24, 2.45) is 17.8 Å². The van der Waals surface area contributed by atoms with E-state index in [-0.39, 0.29) is 35.7 Å². The lowest BCUT2D eigenvalue weighted by Crippen LogP contribution is -2.89. The Hall–Kier alpha value is -2.17. The Morgan fingerprint density at radius 1 is 0.963 bits per heavy atom. The van der Waals surface area contributed by atoms with Crippen LogP contribution >= 0.6 is 11.6 Å². The largest absolute Gasteiger partial charge is 0.336 e. The van der Waals surface area contributed by atoms with Crippen LogP contribution < -0.4 is 10.2 Å². The molecule has 2 aliphatic rings. The lowest BCUT2D eigenvalue weighted by molar-refractivity contribution is -0.712. The van der Waals surface area contributed by atoms with Gasteiger partial charge in [0.15, 0.2) is 0 Å². The molecule has 0 spiro atoms. The third-order valence-corrected chi connectivity index (χ3v) is 6.07. The monoisotopic (exact) mass is 383 g/mol. The quantitative estimate of drug-likeness (QED) is 0.824. The normalized spacial score (nSPS) is 27.5. The van der Waals surface area contributed by atoms with Gasteiger partial charge in [0.25, 0.3) is 0 Å². The fourth-order valence-corrected chi connectivity index (χ4v) is 4.95. The fourth-order valence-electron chi connectivity index (χ4n) is 4.69. The molecule has 0 saturated carbocycles. The average molecular weight is 384 g/mol. The van der Waals surface area contributed by atoms with Crippen LogP contribution in [0.5, 0.6) is 0 Å². The summed E-state index contributed by atoms with van der Waals surface area (Å²) in [7, 11) is 0. The van der Waals surface area contributed by atoms with Crippen LogP contribution in [-0.4, -0.2) is 17.9 Å². The topological polar surface area (TPSA) is 54.0 Å². The van der Waals surface area contributed by atoms with Gasteiger partial charge >= 0.3 is 0 Å². The Morgan fingerprint density at radius 2 is 1.59 bits per heavy atom. The molecule has 2 heterocycles. The van der Waals surface area contributed by atoms with Crippen LogP contribution in [0, 0.1) is 17.8 Å². The van der Waals surface area contributed by atoms with Crippen molar-refractivity contribution in [2.75, 3.05) is 4.90 Å². The lowest BCUT2D eigenvalue weighted by Gasteiger charge is -2.21. The van der Waals surface area contributed by atoms with Gasteiger partial charge < -0.3 is 5.32 Å². The highest BCUT2D eigenvalue weighted by molar-refractivity contribution is 6.31. The summed E-state index contributed by atoms with van der Waals surface area (Å²) in [6.45, 7) is 4.31. The molecule has 2 fully saturated rings. The Bertz CT molecular complexity index is 868. The lowest BCUT2D eigenvalue weighted by atomic mass is 9.84. The number of hydrogen-bond donors (Lipinski definition) is 1. The standard InChI is InChI=1S/C22H23ClN2O2/c1-13(2)12-17-18-19(20(24-17)15-10-6-7-11-16(15)23)22(27)25(21(18)26)14-8-4-3-5-9-14/h3-11,13,17-20,24H,12H2,1-2H3/p+1/t17-,18+,19+,20+/m1/s1. The Morgan fingerprint density at radius 3 is 2.26 bits per heavy atom. The number of anilines is 1. The highest BCUT2D eigenvalue weighted by atomic mass is 35.5. The SMILES string of the molecule is CC(C)C[C@H]1[NH2+][C@@H](c2ccccc2Cl)[C@H]2C(=O)N(c3ccccc3)C(=O)[C@H]21. The molecule has 2 saturated heterocycles. The Balaban J connectivity index is 1.76. The maximum absolute atomic E-state index is 13.4. The minimum atomic E-state index is -0.374. The van der Waals surface area contributed by atoms with Crippen LogP contribution in [0.2, 0.25) is 5.02 Å². The number of para-hydroxylation sites is 1. The third kappa shape index (κ3) is 3.07. The number of rotatable bonds is 4. The van der Waals surface area contributed by atoms with Gasteiger partial charge in [0, 0.05) is 17.0 Å². The first-order valence-corrected chi connectivity index (χ1v) is 9.89. The van der Waals surface area contributed by atoms with Crippen molar-refractivity contribution in [3.63, 3.8) is 0 Å². The van der Waals surface area contributed by atoms with Crippen LogP contribution in [0.4, 0.5) is 5.69 Å². The molecule has 0 unspecified atom stereocenters. The number of amides is 2. The maximum atomic E-state index is 13.4. The van der Waals surface area contributed by atoms with Gasteiger partial charge in [-0.3, -0.25) is 9.59 Å². The average Bonchev–Trinajstić information content (AvgIpc) is 3.13. The van der Waals surface area contributed by atoms with E-state index < -0.39 is 0 Å². The van der Waals surface area contributed by atoms with E-state index in [0.717, 1.165) is 12.0 Å². The number of nitrogens with zero attached hydrogens (tertiary/aromatic N) is 1. The molecule has 2 aromatic rings. The molecule has 5 heteroatoms. The molecule has 0 aromatic heterocycles. The van der Waals surface area contributed by atoms with E-state index >= 15 is 0 Å². The molecule has 0 aliphatic carbocycles. The molecule has 2 N–H and O–H groups in total. The Kier molecular flexibility index (Phi) is 4.79. The minimum Gasteiger partial charge on any atom is -0.336 e. The minimum absolute atomic E-state index is 0.0762. The summed E-state index contributed by atoms with van der Waals surface area (Å²) in [4.78, 5) is 28.1. The molecule has 4 nitrogen and oxygen atoms in total. The summed E-state index contributed by atoms with van der Waals surface area (Å²) in [5.41, 5.74) is 1.60. The van der Waals surface area contributed by atoms with Gasteiger partial charge in [-0.1, -0.05) is 61.8 Å². The van der Waals surface area contributed by atoms with Crippen LogP contribution in [0.1, 0.15) is 31.9 Å². The molecule has 4 rings (SSSR count). The molecular weight excluding hydrogens is 360 g/mol. The smallest absolute Gasteiger partial charge is 0.244 e. The van der Waals surface area contributed by atoms with Crippen LogP contribution in [0.3, 0.4) is 0 Å². The summed E-state index contributed by atoms with van der Waals surface area (Å²) in [5.74, 6) is -0.412. The molecule has 2 aliphatic heterocycles. The number of carbonyl (C=O) groups excluding carboxylic acids is 2. The van der Waals surface area contributed by atoms with Gasteiger partial charge in [-0.05, 0) is 24.1 Å². The van der Waals surface area contributed by atoms with Crippen molar-refractivity contribution in [1.82, 2.24) is 0 Å². The number of nitrogens with two attached hydrogens (primary N) is 1. The first-order valence-electron chi connectivity index (χ1n) is 9.51. The van der Waals surface area contributed by atoms with Crippen molar-refractivity contribution in [3.05, 3.63) is 65.2 Å². The molecule has 2 aromatic carbocycles. The molecule has 4 atom stereocenters. The number of quaternary nitrogens is 1. The van der Waals surface area contributed by atoms with Crippen molar-refractivity contribution in [2.45, 2.75) is 32.4 Å². The van der Waals surface area contributed by atoms with Crippen molar-refractivity contribution in [1.29, 1.82) is 0 Å². The highest BCUT2D eigenvalue weighted by Gasteiger charge is 2.62. The van der Waals surface area contributed by atoms with E-state index in [4.69, 9.17) is 11.6 Å². The second-order valence-electron chi connectivity index (χ2n) is 7.93. The van der Waals surface area contributed by atoms with E-state index in [2.05, 4.69) is 19.2 Å². The van der Waals surface area contributed by atoms with Gasteiger partial charge in [0.05, 0.1) is 11.7 Å². The second-order valence-corrected chi connectivity index (χ2v) is 8.34. The molecule has 0 radical (unpaired) electrons.